The number of nitrogens with zero attached hydrogens (tertiary/aromatic N) is 1. The number of aromatic nitrogens is 1. The fourth-order valence-electron chi connectivity index (χ4n) is 1.42. The van der Waals surface area contributed by atoms with Gasteiger partial charge in [0.25, 0.3) is 0 Å². The minimum atomic E-state index is -0.279. The monoisotopic (exact) mass is 175 g/mol. The molecule has 0 saturated carbocycles. The zero-order chi connectivity index (χ0) is 9.26. The molecule has 1 heterocycles. The first-order chi connectivity index (χ1) is 6.31. The van der Waals surface area contributed by atoms with Gasteiger partial charge in [0.15, 0.2) is 0 Å². The van der Waals surface area contributed by atoms with E-state index >= 15 is 0 Å². The lowest BCUT2D eigenvalue weighted by molar-refractivity contribution is 0.454. The summed E-state index contributed by atoms with van der Waals surface area (Å²) in [7, 11) is 1.72. The van der Waals surface area contributed by atoms with E-state index in [0.717, 1.165) is 10.9 Å². The third kappa shape index (κ3) is 1.40. The molecule has 0 radical (unpaired) electrons. The predicted octanol–water partition coefficient (Wildman–Crippen LogP) is 0.816. The summed E-state index contributed by atoms with van der Waals surface area (Å²) in [6.07, 6.45) is 1.99. The van der Waals surface area contributed by atoms with Crippen molar-refractivity contribution in [1.29, 1.82) is 0 Å². The van der Waals surface area contributed by atoms with Gasteiger partial charge in [0.1, 0.15) is 5.75 Å². The molecule has 13 heavy (non-hydrogen) atoms. The lowest BCUT2D eigenvalue weighted by Crippen LogP contribution is -1.99. The van der Waals surface area contributed by atoms with Crippen LogP contribution in [0.5, 0.6) is 5.75 Å². The highest BCUT2D eigenvalue weighted by Crippen LogP contribution is 2.20. The maximum absolute atomic E-state index is 8.57. The lowest BCUT2D eigenvalue weighted by Gasteiger charge is -2.02. The van der Waals surface area contributed by atoms with E-state index in [2.05, 4.69) is 0 Å². The number of aryl methyl sites for hydroxylation is 1. The van der Waals surface area contributed by atoms with Gasteiger partial charge in [0, 0.05) is 24.1 Å². The van der Waals surface area contributed by atoms with Gasteiger partial charge in [-0.3, -0.25) is 0 Å². The number of hydrogen-bond donors (Lipinski definition) is 1. The summed E-state index contributed by atoms with van der Waals surface area (Å²) in [6, 6.07) is 7.74. The Balaban J connectivity index is 2.50. The first-order valence-corrected chi connectivity index (χ1v) is 4.10. The third-order valence-corrected chi connectivity index (χ3v) is 2.09. The van der Waals surface area contributed by atoms with Crippen LogP contribution in [0.1, 0.15) is 0 Å². The van der Waals surface area contributed by atoms with Crippen LogP contribution in [-0.2, 0) is 7.05 Å². The quantitative estimate of drug-likeness (QED) is 0.685. The normalized spacial score (nSPS) is 10.3. The summed E-state index contributed by atoms with van der Waals surface area (Å²) in [4.78, 5) is 0. The second-order valence-electron chi connectivity index (χ2n) is 2.92. The molecule has 0 aliphatic carbocycles. The van der Waals surface area contributed by atoms with E-state index in [4.69, 9.17) is 9.68 Å². The highest BCUT2D eigenvalue weighted by molar-refractivity contribution is 6.17. The first kappa shape index (κ1) is 8.20. The van der Waals surface area contributed by atoms with Crippen LogP contribution in [0.2, 0.25) is 0 Å². The smallest absolute Gasteiger partial charge is 0.504 e. The molecule has 1 aromatic carbocycles. The van der Waals surface area contributed by atoms with Crippen molar-refractivity contribution >= 4 is 18.6 Å². The van der Waals surface area contributed by atoms with Crippen molar-refractivity contribution in [2.75, 3.05) is 0 Å². The molecule has 1 aromatic heterocycles. The van der Waals surface area contributed by atoms with Crippen LogP contribution in [-0.4, -0.2) is 17.3 Å². The van der Waals surface area contributed by atoms with Crippen molar-refractivity contribution in [2.24, 2.45) is 7.05 Å². The topological polar surface area (TPSA) is 34.4 Å². The molecule has 0 aliphatic rings. The summed E-state index contributed by atoms with van der Waals surface area (Å²) >= 11 is 0. The van der Waals surface area contributed by atoms with E-state index in [1.54, 1.807) is 0 Å². The van der Waals surface area contributed by atoms with Gasteiger partial charge in [-0.05, 0) is 24.3 Å². The van der Waals surface area contributed by atoms with Crippen molar-refractivity contribution in [3.8, 4) is 5.75 Å². The Morgan fingerprint density at radius 2 is 2.23 bits per heavy atom. The summed E-state index contributed by atoms with van der Waals surface area (Å²) in [5.74, 6) is 0.696. The second kappa shape index (κ2) is 3.14. The first-order valence-electron chi connectivity index (χ1n) is 4.10. The molecule has 2 aromatic rings. The Kier molecular flexibility index (Phi) is 1.98. The maximum Gasteiger partial charge on any atom is 0.504 e. The largest absolute Gasteiger partial charge is 0.539 e. The highest BCUT2D eigenvalue weighted by atomic mass is 16.5. The van der Waals surface area contributed by atoms with Crippen molar-refractivity contribution in [3.05, 3.63) is 30.5 Å². The minimum absolute atomic E-state index is 0.279. The summed E-state index contributed by atoms with van der Waals surface area (Å²) in [6.45, 7) is 0. The molecule has 0 saturated heterocycles. The number of rotatable bonds is 2. The van der Waals surface area contributed by atoms with Crippen molar-refractivity contribution in [2.45, 2.75) is 0 Å². The van der Waals surface area contributed by atoms with Gasteiger partial charge >= 0.3 is 7.69 Å². The van der Waals surface area contributed by atoms with Crippen molar-refractivity contribution < 1.29 is 9.68 Å². The molecule has 2 rings (SSSR count). The molecule has 66 valence electrons. The van der Waals surface area contributed by atoms with Crippen LogP contribution in [0.3, 0.4) is 0 Å². The molecule has 0 aliphatic heterocycles. The summed E-state index contributed by atoms with van der Waals surface area (Å²) < 4.78 is 7.01. The second-order valence-corrected chi connectivity index (χ2v) is 2.92. The fraction of sp³-hybridized carbons (Fsp3) is 0.111. The van der Waals surface area contributed by atoms with Gasteiger partial charge in [-0.15, -0.1) is 0 Å². The number of benzene rings is 1. The Morgan fingerprint density at radius 3 is 3.00 bits per heavy atom. The molecule has 0 atom stereocenters. The van der Waals surface area contributed by atoms with Crippen molar-refractivity contribution in [3.63, 3.8) is 0 Å². The van der Waals surface area contributed by atoms with Gasteiger partial charge < -0.3 is 14.2 Å². The van der Waals surface area contributed by atoms with Crippen molar-refractivity contribution in [1.82, 2.24) is 4.57 Å². The van der Waals surface area contributed by atoms with Gasteiger partial charge in [-0.25, -0.2) is 0 Å². The summed E-state index contributed by atoms with van der Waals surface area (Å²) in [5.41, 5.74) is 1.16. The third-order valence-electron chi connectivity index (χ3n) is 2.09. The van der Waals surface area contributed by atoms with Crippen LogP contribution in [0.15, 0.2) is 30.5 Å². The van der Waals surface area contributed by atoms with E-state index in [0.29, 0.717) is 5.75 Å². The van der Waals surface area contributed by atoms with Crippen LogP contribution in [0.25, 0.3) is 10.9 Å². The van der Waals surface area contributed by atoms with Gasteiger partial charge in [0.2, 0.25) is 0 Å². The van der Waals surface area contributed by atoms with Gasteiger partial charge in [-0.2, -0.15) is 0 Å². The lowest BCUT2D eigenvalue weighted by atomic mass is 10.2. The number of hydrogen-bond acceptors (Lipinski definition) is 2. The van der Waals surface area contributed by atoms with Gasteiger partial charge in [0.05, 0.1) is 0 Å². The van der Waals surface area contributed by atoms with Crippen LogP contribution in [0, 0.1) is 0 Å². The van der Waals surface area contributed by atoms with E-state index < -0.39 is 0 Å². The molecular weight excluding hydrogens is 165 g/mol. The fourth-order valence-corrected chi connectivity index (χ4v) is 1.42. The van der Waals surface area contributed by atoms with Crippen LogP contribution in [0.4, 0.5) is 0 Å². The molecule has 0 unspecified atom stereocenters. The van der Waals surface area contributed by atoms with E-state index in [-0.39, 0.29) is 7.69 Å². The predicted molar refractivity (Wildman–Crippen MR) is 52.9 cm³/mol. The maximum atomic E-state index is 8.57. The number of fused-ring (bicyclic) bond motifs is 1. The molecule has 0 spiro atoms. The van der Waals surface area contributed by atoms with Gasteiger partial charge in [-0.1, -0.05) is 0 Å². The molecule has 0 fully saturated rings. The Hall–Kier alpha value is -1.42. The Labute approximate surface area is 76.9 Å². The zero-order valence-corrected chi connectivity index (χ0v) is 7.40. The molecule has 3 nitrogen and oxygen atoms in total. The Bertz CT molecular complexity index is 424. The van der Waals surface area contributed by atoms with E-state index in [1.165, 1.54) is 0 Å². The average Bonchev–Trinajstić information content (AvgIpc) is 2.48. The standard InChI is InChI=1S/C9H10BNO2/c1-11-5-4-7-6-8(13-10-12)2-3-9(7)11/h2-6,10,12H,1H3. The molecule has 0 amide bonds. The Morgan fingerprint density at radius 1 is 1.38 bits per heavy atom. The molecule has 4 heteroatoms. The zero-order valence-electron chi connectivity index (χ0n) is 7.40. The van der Waals surface area contributed by atoms with E-state index in [9.17, 15) is 0 Å². The highest BCUT2D eigenvalue weighted by Gasteiger charge is 1.99. The van der Waals surface area contributed by atoms with E-state index in [1.807, 2.05) is 42.1 Å². The molecule has 1 N–H and O–H groups in total. The summed E-state index contributed by atoms with van der Waals surface area (Å²) in [5, 5.41) is 9.69. The minimum Gasteiger partial charge on any atom is -0.539 e. The average molecular weight is 175 g/mol. The van der Waals surface area contributed by atoms with Crippen LogP contribution >= 0.6 is 0 Å². The molecular formula is C9H10BNO2. The van der Waals surface area contributed by atoms with Crippen LogP contribution < -0.4 is 4.65 Å². The molecule has 0 bridgehead atoms. The SMILES string of the molecule is Cn1ccc2cc(OBO)ccc21.